The number of rotatable bonds is 3. The molecule has 0 spiro atoms. The number of fused-ring (bicyclic) bond motifs is 3. The highest BCUT2D eigenvalue weighted by Crippen LogP contribution is 2.44. The van der Waals surface area contributed by atoms with Crippen LogP contribution < -0.4 is 9.64 Å². The van der Waals surface area contributed by atoms with Gasteiger partial charge in [0.2, 0.25) is 0 Å². The van der Waals surface area contributed by atoms with Crippen molar-refractivity contribution in [3.8, 4) is 5.75 Å². The minimum Gasteiger partial charge on any atom is -0.488 e. The second-order valence-electron chi connectivity index (χ2n) is 8.13. The molecule has 2 heterocycles. The number of anilines is 1. The smallest absolute Gasteiger partial charge is 0.414 e. The Hall–Kier alpha value is -2.24. The lowest BCUT2D eigenvalue weighted by atomic mass is 10.1. The first kappa shape index (κ1) is 26.0. The standard InChI is InChI=1S/C23H25NO3S.C2H6.CH3Cl/c1-15-12-18-20(26-14-16-8-6-5-7-9-16)13-19-17(21(18)28-15)10-11-24(19)22(25)27-23(2,3)4;2*1-2/h5-9,12-13H,10-11,14H2,1-4H3;1-2H3;1H3. The van der Waals surface area contributed by atoms with Crippen molar-refractivity contribution in [2.75, 3.05) is 17.8 Å². The van der Waals surface area contributed by atoms with Crippen molar-refractivity contribution in [1.29, 1.82) is 0 Å². The Kier molecular flexibility index (Phi) is 9.41. The second kappa shape index (κ2) is 11.6. The van der Waals surface area contributed by atoms with Gasteiger partial charge in [0.05, 0.1) is 5.69 Å². The zero-order valence-electron chi connectivity index (χ0n) is 20.1. The highest BCUT2D eigenvalue weighted by atomic mass is 35.5. The van der Waals surface area contributed by atoms with E-state index in [4.69, 9.17) is 9.47 Å². The maximum absolute atomic E-state index is 12.7. The number of aryl methyl sites for hydroxylation is 1. The summed E-state index contributed by atoms with van der Waals surface area (Å²) in [5, 5.41) is 1.13. The van der Waals surface area contributed by atoms with Gasteiger partial charge in [-0.25, -0.2) is 4.79 Å². The van der Waals surface area contributed by atoms with Crippen molar-refractivity contribution in [2.45, 2.75) is 60.2 Å². The van der Waals surface area contributed by atoms with Crippen molar-refractivity contribution in [3.63, 3.8) is 0 Å². The number of carbonyl (C=O) groups excluding carboxylic acids is 1. The number of ether oxygens (including phenoxy) is 2. The lowest BCUT2D eigenvalue weighted by Crippen LogP contribution is -2.35. The molecule has 1 aliphatic heterocycles. The molecule has 0 fully saturated rings. The summed E-state index contributed by atoms with van der Waals surface area (Å²) in [5.41, 5.74) is 2.72. The third-order valence-corrected chi connectivity index (χ3v) is 5.81. The van der Waals surface area contributed by atoms with Gasteiger partial charge in [-0.05, 0) is 51.3 Å². The first-order valence-electron chi connectivity index (χ1n) is 10.9. The van der Waals surface area contributed by atoms with E-state index in [1.807, 2.05) is 58.9 Å². The minimum atomic E-state index is -0.518. The van der Waals surface area contributed by atoms with Gasteiger partial charge in [0.15, 0.2) is 0 Å². The van der Waals surface area contributed by atoms with Crippen LogP contribution in [0, 0.1) is 6.92 Å². The molecule has 1 aliphatic rings. The number of thiophene rings is 1. The number of hydrogen-bond acceptors (Lipinski definition) is 4. The molecule has 4 nitrogen and oxygen atoms in total. The van der Waals surface area contributed by atoms with E-state index in [0.717, 1.165) is 28.8 Å². The Bertz CT molecular complexity index is 1020. The molecule has 0 saturated carbocycles. The van der Waals surface area contributed by atoms with Gasteiger partial charge in [-0.1, -0.05) is 44.2 Å². The highest BCUT2D eigenvalue weighted by Gasteiger charge is 2.31. The molecule has 1 amide bonds. The summed E-state index contributed by atoms with van der Waals surface area (Å²) < 4.78 is 13.0. The quantitative estimate of drug-likeness (QED) is 0.360. The van der Waals surface area contributed by atoms with Crippen LogP contribution >= 0.6 is 22.9 Å². The zero-order valence-corrected chi connectivity index (χ0v) is 21.7. The summed E-state index contributed by atoms with van der Waals surface area (Å²) in [6.07, 6.45) is 2.01. The molecule has 4 rings (SSSR count). The molecule has 3 aromatic rings. The van der Waals surface area contributed by atoms with Crippen molar-refractivity contribution >= 4 is 44.8 Å². The number of hydrogen-bond donors (Lipinski definition) is 0. The number of benzene rings is 2. The molecule has 0 radical (unpaired) electrons. The van der Waals surface area contributed by atoms with E-state index in [-0.39, 0.29) is 6.09 Å². The van der Waals surface area contributed by atoms with E-state index in [0.29, 0.717) is 13.2 Å². The van der Waals surface area contributed by atoms with Crippen LogP contribution in [-0.4, -0.2) is 24.6 Å². The van der Waals surface area contributed by atoms with Crippen LogP contribution in [0.15, 0.2) is 42.5 Å². The van der Waals surface area contributed by atoms with Crippen LogP contribution in [0.3, 0.4) is 0 Å². The molecule has 0 aliphatic carbocycles. The number of nitrogens with zero attached hydrogens (tertiary/aromatic N) is 1. The average molecular weight is 476 g/mol. The van der Waals surface area contributed by atoms with Gasteiger partial charge in [-0.15, -0.1) is 22.9 Å². The molecule has 6 heteroatoms. The molecule has 0 unspecified atom stereocenters. The Morgan fingerprint density at radius 2 is 1.78 bits per heavy atom. The molecule has 0 saturated heterocycles. The van der Waals surface area contributed by atoms with Gasteiger partial charge in [-0.2, -0.15) is 0 Å². The molecule has 1 aromatic heterocycles. The van der Waals surface area contributed by atoms with E-state index >= 15 is 0 Å². The summed E-state index contributed by atoms with van der Waals surface area (Å²) in [6, 6.07) is 14.3. The van der Waals surface area contributed by atoms with E-state index < -0.39 is 5.60 Å². The summed E-state index contributed by atoms with van der Waals surface area (Å²) in [5.74, 6) is 0.817. The molecule has 0 N–H and O–H groups in total. The zero-order chi connectivity index (χ0) is 23.9. The highest BCUT2D eigenvalue weighted by molar-refractivity contribution is 7.19. The number of alkyl halides is 1. The molecule has 174 valence electrons. The van der Waals surface area contributed by atoms with Crippen LogP contribution in [0.5, 0.6) is 5.75 Å². The minimum absolute atomic E-state index is 0.298. The Morgan fingerprint density at radius 3 is 2.41 bits per heavy atom. The van der Waals surface area contributed by atoms with Crippen molar-refractivity contribution in [3.05, 3.63) is 58.5 Å². The lowest BCUT2D eigenvalue weighted by molar-refractivity contribution is 0.0584. The molecule has 2 aromatic carbocycles. The predicted octanol–water partition coefficient (Wildman–Crippen LogP) is 7.97. The fraction of sp³-hybridized carbons (Fsp3) is 0.423. The van der Waals surface area contributed by atoms with Crippen LogP contribution in [-0.2, 0) is 17.8 Å². The van der Waals surface area contributed by atoms with Crippen molar-refractivity contribution in [2.24, 2.45) is 0 Å². The number of amides is 1. The topological polar surface area (TPSA) is 38.8 Å². The Labute approximate surface area is 201 Å². The lowest BCUT2D eigenvalue weighted by Gasteiger charge is -2.25. The largest absolute Gasteiger partial charge is 0.488 e. The molecule has 0 bridgehead atoms. The summed E-state index contributed by atoms with van der Waals surface area (Å²) in [7, 11) is 0. The fourth-order valence-electron chi connectivity index (χ4n) is 3.51. The molecule has 0 atom stereocenters. The van der Waals surface area contributed by atoms with Crippen molar-refractivity contribution in [1.82, 2.24) is 0 Å². The van der Waals surface area contributed by atoms with Gasteiger partial charge in [-0.3, -0.25) is 4.90 Å². The first-order valence-corrected chi connectivity index (χ1v) is 12.5. The first-order chi connectivity index (χ1) is 15.3. The Balaban J connectivity index is 0.000000860. The monoisotopic (exact) mass is 475 g/mol. The predicted molar refractivity (Wildman–Crippen MR) is 138 cm³/mol. The van der Waals surface area contributed by atoms with E-state index in [1.54, 1.807) is 16.2 Å². The fourth-order valence-corrected chi connectivity index (χ4v) is 4.61. The summed E-state index contributed by atoms with van der Waals surface area (Å²) in [6.45, 7) is 12.9. The van der Waals surface area contributed by atoms with Crippen molar-refractivity contribution < 1.29 is 14.3 Å². The maximum Gasteiger partial charge on any atom is 0.414 e. The second-order valence-corrected chi connectivity index (χ2v) is 9.38. The van der Waals surface area contributed by atoms with E-state index in [9.17, 15) is 4.79 Å². The van der Waals surface area contributed by atoms with E-state index in [1.165, 1.54) is 21.5 Å². The van der Waals surface area contributed by atoms with Gasteiger partial charge >= 0.3 is 6.09 Å². The number of halogens is 1. The van der Waals surface area contributed by atoms with Gasteiger partial charge < -0.3 is 9.47 Å². The third kappa shape index (κ3) is 6.17. The molecular formula is C26H34ClNO3S. The third-order valence-electron chi connectivity index (χ3n) is 4.70. The van der Waals surface area contributed by atoms with Crippen LogP contribution in [0.2, 0.25) is 0 Å². The normalized spacial score (nSPS) is 12.3. The molecule has 32 heavy (non-hydrogen) atoms. The molecular weight excluding hydrogens is 442 g/mol. The average Bonchev–Trinajstić information content (AvgIpc) is 3.37. The van der Waals surface area contributed by atoms with Gasteiger partial charge in [0, 0.05) is 34.0 Å². The van der Waals surface area contributed by atoms with Crippen LogP contribution in [0.25, 0.3) is 10.1 Å². The van der Waals surface area contributed by atoms with Crippen LogP contribution in [0.1, 0.15) is 50.6 Å². The SMILES string of the molecule is CC.CCl.Cc1cc2c(OCc3ccccc3)cc3c(c2s1)CCN3C(=O)OC(C)(C)C. The maximum atomic E-state index is 12.7. The summed E-state index contributed by atoms with van der Waals surface area (Å²) >= 11 is 6.40. The summed E-state index contributed by atoms with van der Waals surface area (Å²) in [4.78, 5) is 15.7. The van der Waals surface area contributed by atoms with Gasteiger partial charge in [0.25, 0.3) is 0 Å². The van der Waals surface area contributed by atoms with Gasteiger partial charge in [0.1, 0.15) is 18.0 Å². The number of carbonyl (C=O) groups is 1. The van der Waals surface area contributed by atoms with E-state index in [2.05, 4.69) is 36.7 Å². The van der Waals surface area contributed by atoms with Crippen LogP contribution in [0.4, 0.5) is 10.5 Å². The Morgan fingerprint density at radius 1 is 1.12 bits per heavy atom.